The molecule has 146 valence electrons. The molecule has 3 aromatic heterocycles. The maximum atomic E-state index is 9.54. The minimum atomic E-state index is 0.161. The third-order valence-corrected chi connectivity index (χ3v) is 4.69. The summed E-state index contributed by atoms with van der Waals surface area (Å²) < 4.78 is 1.55. The van der Waals surface area contributed by atoms with Crippen LogP contribution in [0.25, 0.3) is 5.65 Å². The molecule has 0 bridgehead atoms. The zero-order valence-corrected chi connectivity index (χ0v) is 16.2. The predicted molar refractivity (Wildman–Crippen MR) is 108 cm³/mol. The van der Waals surface area contributed by atoms with Crippen LogP contribution in [0.15, 0.2) is 18.2 Å². The van der Waals surface area contributed by atoms with Crippen LogP contribution < -0.4 is 11.1 Å². The number of hydrogen-bond acceptors (Lipinski definition) is 7. The van der Waals surface area contributed by atoms with Gasteiger partial charge in [0.25, 0.3) is 0 Å². The number of nitrogens with zero attached hydrogens (tertiary/aromatic N) is 5. The molecular formula is C20H25N7O. The van der Waals surface area contributed by atoms with Gasteiger partial charge in [-0.25, -0.2) is 4.98 Å². The molecule has 0 radical (unpaired) electrons. The summed E-state index contributed by atoms with van der Waals surface area (Å²) >= 11 is 0. The number of aliphatic hydroxyl groups is 1. The van der Waals surface area contributed by atoms with Crippen molar-refractivity contribution in [1.82, 2.24) is 19.6 Å². The average molecular weight is 379 g/mol. The van der Waals surface area contributed by atoms with Gasteiger partial charge in [0.15, 0.2) is 5.65 Å². The fourth-order valence-corrected chi connectivity index (χ4v) is 3.25. The molecule has 0 aliphatic rings. The number of rotatable bonds is 8. The molecule has 0 aromatic carbocycles. The molecule has 4 N–H and O–H groups in total. The monoisotopic (exact) mass is 379 g/mol. The van der Waals surface area contributed by atoms with Crippen LogP contribution in [0.5, 0.6) is 0 Å². The molecule has 3 heterocycles. The van der Waals surface area contributed by atoms with Crippen LogP contribution in [0, 0.1) is 18.3 Å². The average Bonchev–Trinajstić information content (AvgIpc) is 3.02. The summed E-state index contributed by atoms with van der Waals surface area (Å²) in [4.78, 5) is 9.23. The lowest BCUT2D eigenvalue weighted by Gasteiger charge is -2.11. The molecule has 0 fully saturated rings. The van der Waals surface area contributed by atoms with Gasteiger partial charge in [-0.2, -0.15) is 14.9 Å². The first-order chi connectivity index (χ1) is 13.6. The number of nitriles is 1. The van der Waals surface area contributed by atoms with Gasteiger partial charge in [-0.1, -0.05) is 13.0 Å². The molecule has 0 aliphatic carbocycles. The second-order valence-electron chi connectivity index (χ2n) is 6.61. The van der Waals surface area contributed by atoms with Crippen molar-refractivity contribution in [2.24, 2.45) is 0 Å². The van der Waals surface area contributed by atoms with Crippen molar-refractivity contribution in [2.45, 2.75) is 39.5 Å². The van der Waals surface area contributed by atoms with Gasteiger partial charge in [0.1, 0.15) is 23.3 Å². The number of nitrogens with two attached hydrogens (primary N) is 1. The number of aromatic nitrogens is 4. The molecule has 0 spiro atoms. The lowest BCUT2D eigenvalue weighted by molar-refractivity contribution is 0.288. The van der Waals surface area contributed by atoms with E-state index in [0.29, 0.717) is 42.2 Å². The molecule has 0 amide bonds. The van der Waals surface area contributed by atoms with Gasteiger partial charge in [0, 0.05) is 36.5 Å². The maximum Gasteiger partial charge on any atom is 0.163 e. The Morgan fingerprint density at radius 2 is 2.00 bits per heavy atom. The van der Waals surface area contributed by atoms with Crippen molar-refractivity contribution in [1.29, 1.82) is 5.26 Å². The van der Waals surface area contributed by atoms with Gasteiger partial charge in [-0.05, 0) is 38.3 Å². The van der Waals surface area contributed by atoms with Crippen molar-refractivity contribution in [3.63, 3.8) is 0 Å². The van der Waals surface area contributed by atoms with Crippen LogP contribution in [0.1, 0.15) is 41.6 Å². The first-order valence-corrected chi connectivity index (χ1v) is 9.46. The van der Waals surface area contributed by atoms with E-state index in [4.69, 9.17) is 10.8 Å². The molecule has 0 atom stereocenters. The fourth-order valence-electron chi connectivity index (χ4n) is 3.25. The van der Waals surface area contributed by atoms with Gasteiger partial charge in [0.05, 0.1) is 5.69 Å². The normalized spacial score (nSPS) is 10.9. The lowest BCUT2D eigenvalue weighted by atomic mass is 10.2. The predicted octanol–water partition coefficient (Wildman–Crippen LogP) is 2.03. The minimum absolute atomic E-state index is 0.161. The highest BCUT2D eigenvalue weighted by molar-refractivity contribution is 5.69. The van der Waals surface area contributed by atoms with Gasteiger partial charge in [-0.3, -0.25) is 4.98 Å². The molecule has 28 heavy (non-hydrogen) atoms. The van der Waals surface area contributed by atoms with E-state index in [9.17, 15) is 5.26 Å². The Morgan fingerprint density at radius 3 is 2.68 bits per heavy atom. The zero-order valence-electron chi connectivity index (χ0n) is 16.2. The van der Waals surface area contributed by atoms with E-state index in [1.165, 1.54) is 0 Å². The van der Waals surface area contributed by atoms with Gasteiger partial charge in [-0.15, -0.1) is 0 Å². The summed E-state index contributed by atoms with van der Waals surface area (Å²) in [5, 5.41) is 26.2. The Balaban J connectivity index is 1.80. The van der Waals surface area contributed by atoms with Gasteiger partial charge in [0.2, 0.25) is 0 Å². The Morgan fingerprint density at radius 1 is 1.25 bits per heavy atom. The number of anilines is 2. The van der Waals surface area contributed by atoms with E-state index in [1.54, 1.807) is 4.52 Å². The quantitative estimate of drug-likeness (QED) is 0.547. The highest BCUT2D eigenvalue weighted by Crippen LogP contribution is 2.24. The largest absolute Gasteiger partial charge is 0.396 e. The lowest BCUT2D eigenvalue weighted by Crippen LogP contribution is -2.13. The molecule has 0 aliphatic heterocycles. The Bertz CT molecular complexity index is 1020. The first-order valence-electron chi connectivity index (χ1n) is 9.46. The Kier molecular flexibility index (Phi) is 6.06. The van der Waals surface area contributed by atoms with E-state index in [0.717, 1.165) is 35.5 Å². The molecule has 0 saturated heterocycles. The number of fused-ring (bicyclic) bond motifs is 1. The fraction of sp³-hybridized carbons (Fsp3) is 0.400. The Hall–Kier alpha value is -3.18. The number of nitrogens with one attached hydrogen (secondary N) is 1. The molecular weight excluding hydrogens is 354 g/mol. The number of aryl methyl sites for hydroxylation is 3. The highest BCUT2D eigenvalue weighted by Gasteiger charge is 2.18. The van der Waals surface area contributed by atoms with Crippen molar-refractivity contribution in [2.75, 3.05) is 24.2 Å². The minimum Gasteiger partial charge on any atom is -0.396 e. The molecule has 3 rings (SSSR count). The van der Waals surface area contributed by atoms with E-state index in [1.807, 2.05) is 32.0 Å². The molecule has 0 unspecified atom stereocenters. The summed E-state index contributed by atoms with van der Waals surface area (Å²) in [6, 6.07) is 8.04. The number of hydrogen-bond donors (Lipinski definition) is 3. The van der Waals surface area contributed by atoms with Crippen LogP contribution in [0.4, 0.5) is 11.6 Å². The van der Waals surface area contributed by atoms with E-state index < -0.39 is 0 Å². The zero-order chi connectivity index (χ0) is 20.1. The van der Waals surface area contributed by atoms with Gasteiger partial charge < -0.3 is 16.2 Å². The summed E-state index contributed by atoms with van der Waals surface area (Å²) in [7, 11) is 0. The second kappa shape index (κ2) is 8.67. The van der Waals surface area contributed by atoms with E-state index >= 15 is 0 Å². The van der Waals surface area contributed by atoms with Crippen LogP contribution in [0.3, 0.4) is 0 Å². The van der Waals surface area contributed by atoms with E-state index in [-0.39, 0.29) is 6.61 Å². The smallest absolute Gasteiger partial charge is 0.163 e. The molecule has 0 saturated carbocycles. The standard InChI is InChI=1S/C20H25N7O/c1-3-16-13(2)26-27-18(22)17(12-21)19(25-20(16)27)23-10-9-15-7-4-6-14(24-15)8-5-11-28/h4,6-7,28H,3,5,8-11,22H2,1-2H3,(H,23,25). The number of aliphatic hydroxyl groups excluding tert-OH is 1. The van der Waals surface area contributed by atoms with Crippen LogP contribution in [0.2, 0.25) is 0 Å². The van der Waals surface area contributed by atoms with Crippen molar-refractivity contribution < 1.29 is 5.11 Å². The summed E-state index contributed by atoms with van der Waals surface area (Å²) in [6.45, 7) is 4.69. The van der Waals surface area contributed by atoms with E-state index in [2.05, 4.69) is 26.5 Å². The summed E-state index contributed by atoms with van der Waals surface area (Å²) in [5.74, 6) is 0.764. The highest BCUT2D eigenvalue weighted by atomic mass is 16.2. The number of nitrogen functional groups attached to an aromatic ring is 1. The number of pyridine rings is 1. The topological polar surface area (TPSA) is 125 Å². The third kappa shape index (κ3) is 3.89. The summed E-state index contributed by atoms with van der Waals surface area (Å²) in [6.07, 6.45) is 2.93. The van der Waals surface area contributed by atoms with Crippen molar-refractivity contribution in [3.05, 3.63) is 46.4 Å². The van der Waals surface area contributed by atoms with Crippen LogP contribution in [-0.4, -0.2) is 37.8 Å². The molecule has 3 aromatic rings. The molecule has 8 nitrogen and oxygen atoms in total. The second-order valence-corrected chi connectivity index (χ2v) is 6.61. The van der Waals surface area contributed by atoms with Crippen molar-refractivity contribution >= 4 is 17.3 Å². The van der Waals surface area contributed by atoms with Gasteiger partial charge >= 0.3 is 0 Å². The van der Waals surface area contributed by atoms with Crippen molar-refractivity contribution in [3.8, 4) is 6.07 Å². The Labute approximate surface area is 164 Å². The van der Waals surface area contributed by atoms with Crippen LogP contribution >= 0.6 is 0 Å². The first kappa shape index (κ1) is 19.6. The third-order valence-electron chi connectivity index (χ3n) is 4.69. The maximum absolute atomic E-state index is 9.54. The SMILES string of the molecule is CCc1c(C)nn2c(N)c(C#N)c(NCCc3cccc(CCCO)n3)nc12. The van der Waals surface area contributed by atoms with Crippen LogP contribution in [-0.2, 0) is 19.3 Å². The summed E-state index contributed by atoms with van der Waals surface area (Å²) in [5.41, 5.74) is 11.0. The molecule has 8 heteroatoms.